The van der Waals surface area contributed by atoms with Gasteiger partial charge in [-0.15, -0.1) is 0 Å². The van der Waals surface area contributed by atoms with Gasteiger partial charge in [-0.05, 0) is 31.2 Å². The molecule has 1 aliphatic rings. The molecule has 1 atom stereocenters. The van der Waals surface area contributed by atoms with Crippen LogP contribution in [0.5, 0.6) is 0 Å². The fourth-order valence-corrected chi connectivity index (χ4v) is 2.90. The molecule has 0 aliphatic carbocycles. The van der Waals surface area contributed by atoms with Crippen molar-refractivity contribution in [1.82, 2.24) is 15.1 Å². The normalized spacial score (nSPS) is 17.0. The number of H-pyrrole nitrogens is 1. The minimum atomic E-state index is -0.309. The van der Waals surface area contributed by atoms with E-state index in [9.17, 15) is 4.79 Å². The first-order valence-corrected chi connectivity index (χ1v) is 7.38. The summed E-state index contributed by atoms with van der Waals surface area (Å²) in [6.45, 7) is 1.89. The third kappa shape index (κ3) is 2.11. The molecule has 3 aromatic rings. The van der Waals surface area contributed by atoms with Crippen LogP contribution >= 0.6 is 0 Å². The Bertz CT molecular complexity index is 880. The summed E-state index contributed by atoms with van der Waals surface area (Å²) >= 11 is 0. The molecule has 0 saturated heterocycles. The van der Waals surface area contributed by atoms with E-state index in [1.807, 2.05) is 43.3 Å². The van der Waals surface area contributed by atoms with Gasteiger partial charge in [-0.3, -0.25) is 9.89 Å². The smallest absolute Gasteiger partial charge is 0.257 e. The second-order valence-electron chi connectivity index (χ2n) is 5.62. The van der Waals surface area contributed by atoms with E-state index in [1.54, 1.807) is 18.1 Å². The van der Waals surface area contributed by atoms with E-state index < -0.39 is 0 Å². The first kappa shape index (κ1) is 13.6. The van der Waals surface area contributed by atoms with Gasteiger partial charge >= 0.3 is 0 Å². The average molecular weight is 308 g/mol. The second kappa shape index (κ2) is 5.01. The predicted molar refractivity (Wildman–Crippen MR) is 85.9 cm³/mol. The lowest BCUT2D eigenvalue weighted by molar-refractivity contribution is 0.0736. The van der Waals surface area contributed by atoms with Crippen molar-refractivity contribution in [3.63, 3.8) is 0 Å². The molecule has 2 N–H and O–H groups in total. The monoisotopic (exact) mass is 308 g/mol. The van der Waals surface area contributed by atoms with Crippen molar-refractivity contribution < 1.29 is 9.21 Å². The quantitative estimate of drug-likeness (QED) is 0.762. The Balaban J connectivity index is 1.78. The first-order chi connectivity index (χ1) is 11.1. The number of nitrogens with zero attached hydrogens (tertiary/aromatic N) is 2. The SMILES string of the molecule is Cc1ccc(-c2[nH]ncc2[C@H]2Nc3ccccc3C(=O)N2C)o1. The minimum absolute atomic E-state index is 0.0212. The molecule has 4 rings (SSSR count). The van der Waals surface area contributed by atoms with E-state index in [1.165, 1.54) is 0 Å². The first-order valence-electron chi connectivity index (χ1n) is 7.38. The number of carbonyl (C=O) groups excluding carboxylic acids is 1. The van der Waals surface area contributed by atoms with Crippen molar-refractivity contribution in [1.29, 1.82) is 0 Å². The summed E-state index contributed by atoms with van der Waals surface area (Å²) in [6.07, 6.45) is 1.42. The van der Waals surface area contributed by atoms with Crippen LogP contribution in [0.25, 0.3) is 11.5 Å². The number of hydrogen-bond donors (Lipinski definition) is 2. The van der Waals surface area contributed by atoms with Gasteiger partial charge in [0.25, 0.3) is 5.91 Å². The summed E-state index contributed by atoms with van der Waals surface area (Å²) in [5.74, 6) is 1.51. The van der Waals surface area contributed by atoms with Crippen LogP contribution in [-0.2, 0) is 0 Å². The van der Waals surface area contributed by atoms with Gasteiger partial charge < -0.3 is 14.6 Å². The third-order valence-corrected chi connectivity index (χ3v) is 4.11. The number of aromatic nitrogens is 2. The van der Waals surface area contributed by atoms with Crippen LogP contribution in [0.3, 0.4) is 0 Å². The Hall–Kier alpha value is -3.02. The Kier molecular flexibility index (Phi) is 2.97. The molecule has 0 radical (unpaired) electrons. The zero-order chi connectivity index (χ0) is 16.0. The number of hydrogen-bond acceptors (Lipinski definition) is 4. The Morgan fingerprint density at radius 1 is 1.22 bits per heavy atom. The molecular formula is C17H16N4O2. The zero-order valence-electron chi connectivity index (χ0n) is 12.8. The molecule has 1 aliphatic heterocycles. The van der Waals surface area contributed by atoms with Crippen molar-refractivity contribution in [3.8, 4) is 11.5 Å². The molecule has 1 amide bonds. The van der Waals surface area contributed by atoms with Gasteiger partial charge in [0.05, 0.1) is 11.8 Å². The lowest BCUT2D eigenvalue weighted by Gasteiger charge is -2.35. The number of anilines is 1. The van der Waals surface area contributed by atoms with Crippen molar-refractivity contribution in [2.75, 3.05) is 12.4 Å². The molecule has 6 heteroatoms. The van der Waals surface area contributed by atoms with E-state index in [-0.39, 0.29) is 12.1 Å². The summed E-state index contributed by atoms with van der Waals surface area (Å²) in [6, 6.07) is 11.3. The topological polar surface area (TPSA) is 74.2 Å². The highest BCUT2D eigenvalue weighted by atomic mass is 16.3. The van der Waals surface area contributed by atoms with Crippen molar-refractivity contribution >= 4 is 11.6 Å². The third-order valence-electron chi connectivity index (χ3n) is 4.11. The largest absolute Gasteiger partial charge is 0.460 e. The summed E-state index contributed by atoms with van der Waals surface area (Å²) < 4.78 is 5.69. The molecule has 0 saturated carbocycles. The number of para-hydroxylation sites is 1. The van der Waals surface area contributed by atoms with Gasteiger partial charge in [-0.25, -0.2) is 0 Å². The standard InChI is InChI=1S/C17H16N4O2/c1-10-7-8-14(23-10)15-12(9-18-20-15)16-19-13-6-4-3-5-11(13)17(22)21(16)2/h3-9,16,19H,1-2H3,(H,18,20)/t16-/m0/s1. The highest BCUT2D eigenvalue weighted by Crippen LogP contribution is 2.35. The molecule has 116 valence electrons. The van der Waals surface area contributed by atoms with Crippen molar-refractivity contribution in [3.05, 3.63) is 59.5 Å². The molecule has 0 unspecified atom stereocenters. The number of amides is 1. The summed E-state index contributed by atoms with van der Waals surface area (Å²) in [5.41, 5.74) is 3.13. The van der Waals surface area contributed by atoms with Crippen LogP contribution in [0, 0.1) is 6.92 Å². The highest BCUT2D eigenvalue weighted by Gasteiger charge is 2.32. The van der Waals surface area contributed by atoms with Crippen molar-refractivity contribution in [2.45, 2.75) is 13.1 Å². The van der Waals surface area contributed by atoms with E-state index >= 15 is 0 Å². The van der Waals surface area contributed by atoms with Gasteiger partial charge in [0, 0.05) is 18.3 Å². The van der Waals surface area contributed by atoms with Gasteiger partial charge in [0.1, 0.15) is 17.6 Å². The van der Waals surface area contributed by atoms with Crippen LogP contribution in [0.2, 0.25) is 0 Å². The van der Waals surface area contributed by atoms with Crippen LogP contribution in [0.15, 0.2) is 47.0 Å². The molecule has 0 spiro atoms. The number of carbonyl (C=O) groups is 1. The summed E-state index contributed by atoms with van der Waals surface area (Å²) in [5, 5.41) is 10.5. The van der Waals surface area contributed by atoms with Crippen LogP contribution in [0.4, 0.5) is 5.69 Å². The lowest BCUT2D eigenvalue weighted by Crippen LogP contribution is -2.40. The number of furan rings is 1. The zero-order valence-corrected chi connectivity index (χ0v) is 12.8. The molecule has 6 nitrogen and oxygen atoms in total. The maximum atomic E-state index is 12.6. The van der Waals surface area contributed by atoms with Crippen molar-refractivity contribution in [2.24, 2.45) is 0 Å². The maximum absolute atomic E-state index is 12.6. The second-order valence-corrected chi connectivity index (χ2v) is 5.62. The van der Waals surface area contributed by atoms with E-state index in [0.717, 1.165) is 22.7 Å². The van der Waals surface area contributed by atoms with E-state index in [2.05, 4.69) is 15.5 Å². The Morgan fingerprint density at radius 2 is 2.04 bits per heavy atom. The Morgan fingerprint density at radius 3 is 2.83 bits per heavy atom. The fraction of sp³-hybridized carbons (Fsp3) is 0.176. The fourth-order valence-electron chi connectivity index (χ4n) is 2.90. The molecule has 3 heterocycles. The molecule has 2 aromatic heterocycles. The number of fused-ring (bicyclic) bond motifs is 1. The summed E-state index contributed by atoms with van der Waals surface area (Å²) in [7, 11) is 1.78. The number of benzene rings is 1. The number of rotatable bonds is 2. The number of nitrogens with one attached hydrogen (secondary N) is 2. The van der Waals surface area contributed by atoms with Gasteiger partial charge in [-0.2, -0.15) is 5.10 Å². The molecular weight excluding hydrogens is 292 g/mol. The van der Waals surface area contributed by atoms with E-state index in [4.69, 9.17) is 4.42 Å². The molecule has 1 aromatic carbocycles. The summed E-state index contributed by atoms with van der Waals surface area (Å²) in [4.78, 5) is 14.3. The average Bonchev–Trinajstić information content (AvgIpc) is 3.19. The predicted octanol–water partition coefficient (Wildman–Crippen LogP) is 3.17. The van der Waals surface area contributed by atoms with Crippen LogP contribution in [0.1, 0.15) is 27.8 Å². The van der Waals surface area contributed by atoms with Gasteiger partial charge in [0.2, 0.25) is 0 Å². The number of aryl methyl sites for hydroxylation is 1. The number of aromatic amines is 1. The van der Waals surface area contributed by atoms with Crippen LogP contribution < -0.4 is 5.32 Å². The Labute approximate surface area is 133 Å². The molecule has 0 fully saturated rings. The van der Waals surface area contributed by atoms with Gasteiger partial charge in [0.15, 0.2) is 5.76 Å². The van der Waals surface area contributed by atoms with E-state index in [0.29, 0.717) is 11.3 Å². The molecule has 0 bridgehead atoms. The lowest BCUT2D eigenvalue weighted by atomic mass is 10.0. The van der Waals surface area contributed by atoms with Crippen LogP contribution in [-0.4, -0.2) is 28.1 Å². The maximum Gasteiger partial charge on any atom is 0.257 e. The van der Waals surface area contributed by atoms with Gasteiger partial charge in [-0.1, -0.05) is 12.1 Å². The molecule has 23 heavy (non-hydrogen) atoms. The highest BCUT2D eigenvalue weighted by molar-refractivity contribution is 6.01. The minimum Gasteiger partial charge on any atom is -0.460 e.